The van der Waals surface area contributed by atoms with Crippen molar-refractivity contribution in [3.63, 3.8) is 0 Å². The summed E-state index contributed by atoms with van der Waals surface area (Å²) in [5.41, 5.74) is 0.382. The quantitative estimate of drug-likeness (QED) is 0.324. The van der Waals surface area contributed by atoms with Crippen LogP contribution >= 0.6 is 23.4 Å². The van der Waals surface area contributed by atoms with Gasteiger partial charge in [0.25, 0.3) is 11.8 Å². The molecule has 1 saturated heterocycles. The van der Waals surface area contributed by atoms with Gasteiger partial charge in [-0.1, -0.05) is 54.1 Å². The molecule has 42 heavy (non-hydrogen) atoms. The molecule has 0 saturated carbocycles. The first-order valence-electron chi connectivity index (χ1n) is 12.5. The Hall–Kier alpha value is -4.56. The van der Waals surface area contributed by atoms with Crippen LogP contribution in [0.1, 0.15) is 22.0 Å². The lowest BCUT2D eigenvalue weighted by Crippen LogP contribution is -2.71. The molecule has 15 heteroatoms. The first kappa shape index (κ1) is 30.4. The number of aliphatic carboxylic acids is 1. The van der Waals surface area contributed by atoms with Gasteiger partial charge >= 0.3 is 18.1 Å². The van der Waals surface area contributed by atoms with Gasteiger partial charge in [-0.3, -0.25) is 24.2 Å². The van der Waals surface area contributed by atoms with Crippen molar-refractivity contribution in [2.45, 2.75) is 17.5 Å². The third-order valence-electron chi connectivity index (χ3n) is 6.51. The average Bonchev–Trinajstić information content (AvgIpc) is 3.00. The minimum atomic E-state index is -1.38. The summed E-state index contributed by atoms with van der Waals surface area (Å²) >= 11 is 7.29. The lowest BCUT2D eigenvalue weighted by molar-refractivity contribution is -0.151. The number of fused-ring (bicyclic) bond motifs is 1. The predicted molar refractivity (Wildman–Crippen MR) is 151 cm³/mol. The number of urea groups is 1. The smallest absolute Gasteiger partial charge is 0.407 e. The van der Waals surface area contributed by atoms with Gasteiger partial charge in [0, 0.05) is 25.4 Å². The van der Waals surface area contributed by atoms with Crippen molar-refractivity contribution in [2.24, 2.45) is 0 Å². The number of thioether (sulfide) groups is 1. The zero-order valence-electron chi connectivity index (χ0n) is 22.3. The van der Waals surface area contributed by atoms with E-state index in [0.29, 0.717) is 5.56 Å². The number of carboxylic acids is 1. The van der Waals surface area contributed by atoms with Gasteiger partial charge in [-0.05, 0) is 17.7 Å². The van der Waals surface area contributed by atoms with Crippen LogP contribution in [0.15, 0.2) is 65.9 Å². The minimum absolute atomic E-state index is 0.0920. The van der Waals surface area contributed by atoms with Gasteiger partial charge in [0.1, 0.15) is 29.8 Å². The molecule has 3 atom stereocenters. The maximum atomic E-state index is 13.5. The van der Waals surface area contributed by atoms with Gasteiger partial charge in [-0.2, -0.15) is 0 Å². The Morgan fingerprint density at radius 1 is 1.12 bits per heavy atom. The summed E-state index contributed by atoms with van der Waals surface area (Å²) in [5.74, 6) is -3.37. The number of hydrogen-bond acceptors (Lipinski definition) is 8. The molecular formula is C27H26ClN5O8S. The molecule has 0 radical (unpaired) electrons. The molecule has 2 aromatic rings. The molecule has 4 rings (SSSR count). The number of nitrogens with zero attached hydrogens (tertiary/aromatic N) is 2. The van der Waals surface area contributed by atoms with E-state index in [1.165, 1.54) is 38.0 Å². The molecule has 1 fully saturated rings. The third-order valence-corrected chi connectivity index (χ3v) is 8.17. The Labute approximate surface area is 249 Å². The number of ether oxygens (including phenoxy) is 1. The lowest BCUT2D eigenvalue weighted by Gasteiger charge is -2.49. The number of nitrogens with one attached hydrogen (secondary N) is 3. The van der Waals surface area contributed by atoms with Crippen molar-refractivity contribution < 1.29 is 38.6 Å². The van der Waals surface area contributed by atoms with Crippen LogP contribution in [0.5, 0.6) is 0 Å². The van der Waals surface area contributed by atoms with Crippen molar-refractivity contribution in [3.05, 3.63) is 82.0 Å². The number of rotatable bonds is 8. The number of hydrogen-bond donors (Lipinski definition) is 4. The molecule has 0 bridgehead atoms. The molecular weight excluding hydrogens is 590 g/mol. The average molecular weight is 616 g/mol. The van der Waals surface area contributed by atoms with E-state index in [1.54, 1.807) is 42.5 Å². The van der Waals surface area contributed by atoms with Crippen molar-refractivity contribution in [2.75, 3.05) is 26.5 Å². The Morgan fingerprint density at radius 3 is 2.43 bits per heavy atom. The van der Waals surface area contributed by atoms with Gasteiger partial charge in [0.15, 0.2) is 0 Å². The molecule has 2 aromatic carbocycles. The summed E-state index contributed by atoms with van der Waals surface area (Å²) in [4.78, 5) is 77.8. The second-order valence-electron chi connectivity index (χ2n) is 9.12. The molecule has 4 N–H and O–H groups in total. The third kappa shape index (κ3) is 6.19. The number of carbonyl (C=O) groups is 6. The second-order valence-corrected chi connectivity index (χ2v) is 10.6. The van der Waals surface area contributed by atoms with Crippen LogP contribution in [0.3, 0.4) is 0 Å². The number of carbonyl (C=O) groups excluding carboxylic acids is 5. The predicted octanol–water partition coefficient (Wildman–Crippen LogP) is 1.96. The molecule has 2 unspecified atom stereocenters. The number of β-lactam (4-membered cyclic amide) rings is 1. The monoisotopic (exact) mass is 615 g/mol. The minimum Gasteiger partial charge on any atom is -0.477 e. The highest BCUT2D eigenvalue weighted by Gasteiger charge is 2.54. The zero-order chi connectivity index (χ0) is 30.6. The summed E-state index contributed by atoms with van der Waals surface area (Å²) in [5, 5.41) is 16.6. The molecule has 0 spiro atoms. The molecule has 2 aliphatic heterocycles. The van der Waals surface area contributed by atoms with Crippen LogP contribution in [-0.4, -0.2) is 88.6 Å². The molecule has 220 valence electrons. The van der Waals surface area contributed by atoms with Gasteiger partial charge in [-0.15, -0.1) is 11.8 Å². The zero-order valence-corrected chi connectivity index (χ0v) is 23.9. The van der Waals surface area contributed by atoms with E-state index in [2.05, 4.69) is 16.0 Å². The summed E-state index contributed by atoms with van der Waals surface area (Å²) in [6, 6.07) is 11.1. The standard InChI is InChI=1S/C27H26ClN5O8S/c1-29-27(40)41-12-15-13-42-24-19(23(36)33(24)20(15)25(37)38)30-21(34)18(14-8-4-3-5-9-14)31-26(39)32(2)22(35)16-10-6-7-11-17(16)28/h3-11,18-19,24H,12-13H2,1-2H3,(H,29,40)(H,30,34)(H,31,39)(H,37,38)/t18?,19?,24-/m0/s1. The largest absolute Gasteiger partial charge is 0.477 e. The maximum absolute atomic E-state index is 13.5. The summed E-state index contributed by atoms with van der Waals surface area (Å²) in [6.07, 6.45) is -0.757. The Bertz CT molecular complexity index is 1470. The Morgan fingerprint density at radius 2 is 1.79 bits per heavy atom. The molecule has 0 aliphatic carbocycles. The molecule has 13 nitrogen and oxygen atoms in total. The number of imide groups is 1. The van der Waals surface area contributed by atoms with Crippen LogP contribution in [0, 0.1) is 0 Å². The van der Waals surface area contributed by atoms with Gasteiger partial charge < -0.3 is 25.8 Å². The van der Waals surface area contributed by atoms with Crippen LogP contribution < -0.4 is 16.0 Å². The number of alkyl carbamates (subject to hydrolysis) is 1. The SMILES string of the molecule is CNC(=O)OCC1=C(C(=O)O)N2C(=O)C(NC(=O)C(NC(=O)N(C)C(=O)c3ccccc3Cl)c3ccccc3)[C@@H]2SC1. The van der Waals surface area contributed by atoms with Crippen LogP contribution in [0.25, 0.3) is 0 Å². The van der Waals surface area contributed by atoms with Crippen molar-refractivity contribution in [3.8, 4) is 0 Å². The highest BCUT2D eigenvalue weighted by Crippen LogP contribution is 2.40. The second kappa shape index (κ2) is 13.0. The number of halogens is 1. The van der Waals surface area contributed by atoms with E-state index in [9.17, 15) is 33.9 Å². The highest BCUT2D eigenvalue weighted by molar-refractivity contribution is 8.00. The molecule has 6 amide bonds. The van der Waals surface area contributed by atoms with E-state index in [4.69, 9.17) is 16.3 Å². The Kier molecular flexibility index (Phi) is 9.38. The van der Waals surface area contributed by atoms with Gasteiger partial charge in [0.05, 0.1) is 10.6 Å². The number of benzene rings is 2. The normalized spacial score (nSPS) is 18.2. The van der Waals surface area contributed by atoms with E-state index >= 15 is 0 Å². The van der Waals surface area contributed by atoms with E-state index in [1.807, 2.05) is 0 Å². The maximum Gasteiger partial charge on any atom is 0.407 e. The molecule has 2 heterocycles. The highest BCUT2D eigenvalue weighted by atomic mass is 35.5. The number of amides is 6. The topological polar surface area (TPSA) is 174 Å². The molecule has 2 aliphatic rings. The van der Waals surface area contributed by atoms with E-state index < -0.39 is 53.3 Å². The summed E-state index contributed by atoms with van der Waals surface area (Å²) in [7, 11) is 2.59. The van der Waals surface area contributed by atoms with Crippen LogP contribution in [0.2, 0.25) is 5.02 Å². The van der Waals surface area contributed by atoms with Crippen LogP contribution in [-0.2, 0) is 19.1 Å². The lowest BCUT2D eigenvalue weighted by atomic mass is 10.0. The fraction of sp³-hybridized carbons (Fsp3) is 0.259. The van der Waals surface area contributed by atoms with Crippen molar-refractivity contribution in [1.82, 2.24) is 25.8 Å². The Balaban J connectivity index is 1.50. The van der Waals surface area contributed by atoms with E-state index in [0.717, 1.165) is 9.80 Å². The fourth-order valence-corrected chi connectivity index (χ4v) is 5.87. The summed E-state index contributed by atoms with van der Waals surface area (Å²) < 4.78 is 4.97. The van der Waals surface area contributed by atoms with E-state index in [-0.39, 0.29) is 34.2 Å². The first-order valence-corrected chi connectivity index (χ1v) is 13.9. The van der Waals surface area contributed by atoms with Crippen molar-refractivity contribution >= 4 is 59.2 Å². The molecule has 0 aromatic heterocycles. The fourth-order valence-electron chi connectivity index (χ4n) is 4.33. The summed E-state index contributed by atoms with van der Waals surface area (Å²) in [6.45, 7) is -0.329. The van der Waals surface area contributed by atoms with Crippen LogP contribution in [0.4, 0.5) is 9.59 Å². The first-order chi connectivity index (χ1) is 20.0. The van der Waals surface area contributed by atoms with Gasteiger partial charge in [-0.25, -0.2) is 14.4 Å². The number of carboxylic acid groups (broad SMARTS) is 1. The van der Waals surface area contributed by atoms with Crippen molar-refractivity contribution in [1.29, 1.82) is 0 Å². The van der Waals surface area contributed by atoms with Gasteiger partial charge in [0.2, 0.25) is 5.91 Å².